The van der Waals surface area contributed by atoms with Crippen molar-refractivity contribution in [2.45, 2.75) is 19.3 Å². The highest BCUT2D eigenvalue weighted by atomic mass is 35.5. The summed E-state index contributed by atoms with van der Waals surface area (Å²) in [7, 11) is 0. The van der Waals surface area contributed by atoms with Gasteiger partial charge in [0.15, 0.2) is 0 Å². The maximum absolute atomic E-state index is 12.9. The zero-order valence-corrected chi connectivity index (χ0v) is 12.2. The molecule has 0 aliphatic carbocycles. The van der Waals surface area contributed by atoms with E-state index in [9.17, 15) is 14.3 Å². The van der Waals surface area contributed by atoms with E-state index in [1.807, 2.05) is 6.92 Å². The maximum atomic E-state index is 12.9. The number of carbonyl (C=O) groups is 1. The maximum Gasteiger partial charge on any atom is 0.225 e. The van der Waals surface area contributed by atoms with Crippen molar-refractivity contribution in [2.75, 3.05) is 5.32 Å². The molecule has 110 valence electrons. The average molecular weight is 308 g/mol. The van der Waals surface area contributed by atoms with Crippen LogP contribution in [0.15, 0.2) is 42.5 Å². The zero-order chi connectivity index (χ0) is 15.4. The number of rotatable bonds is 4. The van der Waals surface area contributed by atoms with Crippen LogP contribution in [0, 0.1) is 5.82 Å². The van der Waals surface area contributed by atoms with E-state index in [0.29, 0.717) is 5.02 Å². The summed E-state index contributed by atoms with van der Waals surface area (Å²) >= 11 is 5.82. The Balaban J connectivity index is 2.01. The van der Waals surface area contributed by atoms with Crippen molar-refractivity contribution >= 4 is 23.2 Å². The van der Waals surface area contributed by atoms with Gasteiger partial charge in [-0.3, -0.25) is 4.79 Å². The molecule has 0 saturated heterocycles. The summed E-state index contributed by atoms with van der Waals surface area (Å²) in [6, 6.07) is 10.5. The Morgan fingerprint density at radius 3 is 2.62 bits per heavy atom. The van der Waals surface area contributed by atoms with E-state index in [1.165, 1.54) is 30.3 Å². The number of nitrogens with one attached hydrogen (secondary N) is 1. The van der Waals surface area contributed by atoms with Crippen LogP contribution >= 0.6 is 11.6 Å². The van der Waals surface area contributed by atoms with Crippen molar-refractivity contribution < 1.29 is 14.3 Å². The van der Waals surface area contributed by atoms with E-state index in [4.69, 9.17) is 11.6 Å². The highest BCUT2D eigenvalue weighted by Gasteiger charge is 2.13. The number of benzene rings is 2. The van der Waals surface area contributed by atoms with Crippen molar-refractivity contribution in [3.8, 4) is 5.75 Å². The third-order valence-electron chi connectivity index (χ3n) is 3.16. The number of amides is 1. The molecule has 2 aromatic carbocycles. The van der Waals surface area contributed by atoms with E-state index in [-0.39, 0.29) is 35.5 Å². The molecule has 0 fully saturated rings. The molecule has 2 N–H and O–H groups in total. The van der Waals surface area contributed by atoms with Crippen molar-refractivity contribution in [1.82, 2.24) is 0 Å². The third kappa shape index (κ3) is 4.20. The Bertz CT molecular complexity index is 643. The molecule has 0 heterocycles. The molecule has 0 aromatic heterocycles. The first-order valence-electron chi connectivity index (χ1n) is 6.49. The molecule has 0 bridgehead atoms. The number of hydrogen-bond acceptors (Lipinski definition) is 2. The summed E-state index contributed by atoms with van der Waals surface area (Å²) in [5.41, 5.74) is 1.15. The Labute approximate surface area is 127 Å². The van der Waals surface area contributed by atoms with Crippen molar-refractivity contribution in [1.29, 1.82) is 0 Å². The number of halogens is 2. The summed E-state index contributed by atoms with van der Waals surface area (Å²) in [6.07, 6.45) is 0.220. The Kier molecular flexibility index (Phi) is 4.81. The van der Waals surface area contributed by atoms with Gasteiger partial charge in [-0.25, -0.2) is 4.39 Å². The second kappa shape index (κ2) is 6.59. The second-order valence-corrected chi connectivity index (χ2v) is 5.30. The molecule has 0 aliphatic heterocycles. The lowest BCUT2D eigenvalue weighted by Crippen LogP contribution is -2.14. The second-order valence-electron chi connectivity index (χ2n) is 4.87. The third-order valence-corrected chi connectivity index (χ3v) is 3.40. The molecule has 1 atom stereocenters. The molecule has 0 radical (unpaired) electrons. The Hall–Kier alpha value is -2.07. The topological polar surface area (TPSA) is 49.3 Å². The summed E-state index contributed by atoms with van der Waals surface area (Å²) in [6.45, 7) is 1.88. The van der Waals surface area contributed by atoms with Gasteiger partial charge in [0.1, 0.15) is 11.6 Å². The highest BCUT2D eigenvalue weighted by molar-refractivity contribution is 6.31. The SMILES string of the molecule is CC(CC(=O)Nc1cc(Cl)ccc1O)c1ccc(F)cc1. The molecular formula is C16H15ClFNO2. The van der Waals surface area contributed by atoms with Gasteiger partial charge < -0.3 is 10.4 Å². The summed E-state index contributed by atoms with van der Waals surface area (Å²) < 4.78 is 12.9. The van der Waals surface area contributed by atoms with Gasteiger partial charge in [-0.1, -0.05) is 30.7 Å². The molecule has 1 amide bonds. The predicted octanol–water partition coefficient (Wildman–Crippen LogP) is 4.32. The van der Waals surface area contributed by atoms with Gasteiger partial charge >= 0.3 is 0 Å². The number of phenolic OH excluding ortho intramolecular Hbond substituents is 1. The minimum atomic E-state index is -0.306. The lowest BCUT2D eigenvalue weighted by molar-refractivity contribution is -0.116. The molecule has 21 heavy (non-hydrogen) atoms. The van der Waals surface area contributed by atoms with Crippen LogP contribution in [0.4, 0.5) is 10.1 Å². The van der Waals surface area contributed by atoms with Gasteiger partial charge in [0.25, 0.3) is 0 Å². The first-order valence-corrected chi connectivity index (χ1v) is 6.87. The van der Waals surface area contributed by atoms with Gasteiger partial charge in [0.05, 0.1) is 5.69 Å². The fourth-order valence-electron chi connectivity index (χ4n) is 2.00. The van der Waals surface area contributed by atoms with E-state index in [1.54, 1.807) is 12.1 Å². The van der Waals surface area contributed by atoms with Gasteiger partial charge in [0, 0.05) is 11.4 Å². The first-order chi connectivity index (χ1) is 9.95. The van der Waals surface area contributed by atoms with E-state index < -0.39 is 0 Å². The summed E-state index contributed by atoms with van der Waals surface area (Å²) in [5, 5.41) is 12.7. The van der Waals surface area contributed by atoms with Crippen LogP contribution in [-0.4, -0.2) is 11.0 Å². The largest absolute Gasteiger partial charge is 0.506 e. The number of aromatic hydroxyl groups is 1. The number of carbonyl (C=O) groups excluding carboxylic acids is 1. The van der Waals surface area contributed by atoms with Gasteiger partial charge in [-0.2, -0.15) is 0 Å². The zero-order valence-electron chi connectivity index (χ0n) is 11.4. The molecule has 0 saturated carbocycles. The van der Waals surface area contributed by atoms with Crippen molar-refractivity contribution in [3.05, 3.63) is 58.9 Å². The lowest BCUT2D eigenvalue weighted by Gasteiger charge is -2.13. The summed E-state index contributed by atoms with van der Waals surface area (Å²) in [5.74, 6) is -0.655. The molecule has 1 unspecified atom stereocenters. The van der Waals surface area contributed by atoms with Crippen LogP contribution in [0.3, 0.4) is 0 Å². The molecular weight excluding hydrogens is 293 g/mol. The monoisotopic (exact) mass is 307 g/mol. The normalized spacial score (nSPS) is 12.0. The van der Waals surface area contributed by atoms with Crippen LogP contribution in [0.1, 0.15) is 24.8 Å². The van der Waals surface area contributed by atoms with Crippen LogP contribution in [0.5, 0.6) is 5.75 Å². The van der Waals surface area contributed by atoms with E-state index in [2.05, 4.69) is 5.32 Å². The van der Waals surface area contributed by atoms with Crippen molar-refractivity contribution in [2.24, 2.45) is 0 Å². The average Bonchev–Trinajstić information content (AvgIpc) is 2.43. The molecule has 0 spiro atoms. The first kappa shape index (κ1) is 15.3. The lowest BCUT2D eigenvalue weighted by atomic mass is 9.97. The Morgan fingerprint density at radius 1 is 1.29 bits per heavy atom. The summed E-state index contributed by atoms with van der Waals surface area (Å²) in [4.78, 5) is 12.0. The van der Waals surface area contributed by atoms with E-state index >= 15 is 0 Å². The van der Waals surface area contributed by atoms with Gasteiger partial charge in [0.2, 0.25) is 5.91 Å². The van der Waals surface area contributed by atoms with Crippen LogP contribution < -0.4 is 5.32 Å². The highest BCUT2D eigenvalue weighted by Crippen LogP contribution is 2.27. The molecule has 3 nitrogen and oxygen atoms in total. The smallest absolute Gasteiger partial charge is 0.225 e. The minimum absolute atomic E-state index is 0.0396. The number of hydrogen-bond donors (Lipinski definition) is 2. The van der Waals surface area contributed by atoms with Crippen LogP contribution in [0.25, 0.3) is 0 Å². The van der Waals surface area contributed by atoms with Crippen LogP contribution in [0.2, 0.25) is 5.02 Å². The van der Waals surface area contributed by atoms with Crippen LogP contribution in [-0.2, 0) is 4.79 Å². The number of anilines is 1. The van der Waals surface area contributed by atoms with Gasteiger partial charge in [-0.05, 0) is 41.8 Å². The Morgan fingerprint density at radius 2 is 1.95 bits per heavy atom. The predicted molar refractivity (Wildman–Crippen MR) is 81.2 cm³/mol. The molecule has 2 rings (SSSR count). The number of phenols is 1. The van der Waals surface area contributed by atoms with E-state index in [0.717, 1.165) is 5.56 Å². The van der Waals surface area contributed by atoms with Gasteiger partial charge in [-0.15, -0.1) is 0 Å². The molecule has 2 aromatic rings. The minimum Gasteiger partial charge on any atom is -0.506 e. The molecule has 0 aliphatic rings. The fraction of sp³-hybridized carbons (Fsp3) is 0.188. The quantitative estimate of drug-likeness (QED) is 0.827. The fourth-order valence-corrected chi connectivity index (χ4v) is 2.17. The van der Waals surface area contributed by atoms with Crippen molar-refractivity contribution in [3.63, 3.8) is 0 Å². The molecule has 5 heteroatoms. The standard InChI is InChI=1S/C16H15ClFNO2/c1-10(11-2-5-13(18)6-3-11)8-16(21)19-14-9-12(17)4-7-15(14)20/h2-7,9-10,20H,8H2,1H3,(H,19,21).